The van der Waals surface area contributed by atoms with Gasteiger partial charge in [-0.3, -0.25) is 0 Å². The van der Waals surface area contributed by atoms with Crippen LogP contribution in [0.1, 0.15) is 26.5 Å². The molecule has 0 atom stereocenters. The van der Waals surface area contributed by atoms with Gasteiger partial charge in [-0.25, -0.2) is 9.97 Å². The molecule has 0 aliphatic carbocycles. The maximum atomic E-state index is 4.39. The highest BCUT2D eigenvalue weighted by molar-refractivity contribution is 6.83. The van der Waals surface area contributed by atoms with E-state index in [9.17, 15) is 0 Å². The van der Waals surface area contributed by atoms with Gasteiger partial charge in [-0.15, -0.1) is 5.54 Å². The molecule has 92 valence electrons. The van der Waals surface area contributed by atoms with Crippen LogP contribution in [0.15, 0.2) is 12.3 Å². The summed E-state index contributed by atoms with van der Waals surface area (Å²) < 4.78 is 0. The topological polar surface area (TPSA) is 37.8 Å². The van der Waals surface area contributed by atoms with Crippen LogP contribution < -0.4 is 5.32 Å². The average molecular weight is 247 g/mol. The van der Waals surface area contributed by atoms with Crippen molar-refractivity contribution in [2.24, 2.45) is 0 Å². The highest BCUT2D eigenvalue weighted by Crippen LogP contribution is 2.09. The second-order valence-corrected chi connectivity index (χ2v) is 10.9. The molecule has 0 unspecified atom stereocenters. The number of anilines is 1. The third-order valence-electron chi connectivity index (χ3n) is 1.71. The summed E-state index contributed by atoms with van der Waals surface area (Å²) in [5, 5.41) is 3.24. The molecular formula is C13H21N3Si. The van der Waals surface area contributed by atoms with Gasteiger partial charge in [-0.2, -0.15) is 0 Å². The van der Waals surface area contributed by atoms with Crippen molar-refractivity contribution in [1.82, 2.24) is 9.97 Å². The van der Waals surface area contributed by atoms with Crippen molar-refractivity contribution < 1.29 is 0 Å². The summed E-state index contributed by atoms with van der Waals surface area (Å²) in [6, 6.07) is 1.85. The molecule has 0 amide bonds. The highest BCUT2D eigenvalue weighted by atomic mass is 28.3. The Kier molecular flexibility index (Phi) is 3.94. The minimum Gasteiger partial charge on any atom is -0.350 e. The SMILES string of the molecule is CC(C)(C)Nc1nccc(C#C[Si](C)(C)C)n1. The van der Waals surface area contributed by atoms with Crippen LogP contribution >= 0.6 is 0 Å². The Labute approximate surface area is 105 Å². The van der Waals surface area contributed by atoms with E-state index in [1.54, 1.807) is 6.20 Å². The van der Waals surface area contributed by atoms with Gasteiger partial charge in [0.05, 0.1) is 0 Å². The van der Waals surface area contributed by atoms with Gasteiger partial charge in [-0.1, -0.05) is 25.6 Å². The maximum absolute atomic E-state index is 4.39. The fourth-order valence-electron chi connectivity index (χ4n) is 1.08. The summed E-state index contributed by atoms with van der Waals surface area (Å²) in [6.45, 7) is 12.9. The van der Waals surface area contributed by atoms with Crippen molar-refractivity contribution in [2.45, 2.75) is 46.0 Å². The molecule has 1 rings (SSSR count). The largest absolute Gasteiger partial charge is 0.350 e. The molecule has 1 aromatic heterocycles. The molecular weight excluding hydrogens is 226 g/mol. The molecule has 0 saturated carbocycles. The van der Waals surface area contributed by atoms with Crippen LogP contribution in [0.4, 0.5) is 5.95 Å². The molecule has 0 bridgehead atoms. The standard InChI is InChI=1S/C13H21N3Si/c1-13(2,3)16-12-14-9-7-11(15-12)8-10-17(4,5)6/h7,9H,1-6H3,(H,14,15,16). The van der Waals surface area contributed by atoms with E-state index in [1.807, 2.05) is 6.07 Å². The Morgan fingerprint density at radius 3 is 2.41 bits per heavy atom. The second kappa shape index (κ2) is 4.88. The lowest BCUT2D eigenvalue weighted by Gasteiger charge is -2.20. The molecule has 0 aromatic carbocycles. The number of aromatic nitrogens is 2. The summed E-state index contributed by atoms with van der Waals surface area (Å²) in [5.74, 6) is 3.77. The first-order valence-corrected chi connectivity index (χ1v) is 9.30. The van der Waals surface area contributed by atoms with E-state index < -0.39 is 8.07 Å². The highest BCUT2D eigenvalue weighted by Gasteiger charge is 2.11. The van der Waals surface area contributed by atoms with Gasteiger partial charge in [0.25, 0.3) is 0 Å². The van der Waals surface area contributed by atoms with Crippen molar-refractivity contribution in [2.75, 3.05) is 5.32 Å². The van der Waals surface area contributed by atoms with Crippen molar-refractivity contribution in [3.05, 3.63) is 18.0 Å². The molecule has 0 saturated heterocycles. The van der Waals surface area contributed by atoms with Gasteiger partial charge in [0.15, 0.2) is 0 Å². The van der Waals surface area contributed by atoms with E-state index in [-0.39, 0.29) is 5.54 Å². The minimum atomic E-state index is -1.35. The number of nitrogens with one attached hydrogen (secondary N) is 1. The van der Waals surface area contributed by atoms with Gasteiger partial charge in [0.1, 0.15) is 13.8 Å². The van der Waals surface area contributed by atoms with Crippen LogP contribution in [0.25, 0.3) is 0 Å². The van der Waals surface area contributed by atoms with Gasteiger partial charge < -0.3 is 5.32 Å². The monoisotopic (exact) mass is 247 g/mol. The van der Waals surface area contributed by atoms with Gasteiger partial charge in [0, 0.05) is 11.7 Å². The molecule has 4 heteroatoms. The number of rotatable bonds is 1. The van der Waals surface area contributed by atoms with Crippen LogP contribution in [0.3, 0.4) is 0 Å². The van der Waals surface area contributed by atoms with Gasteiger partial charge in [0.2, 0.25) is 5.95 Å². The molecule has 0 aliphatic heterocycles. The predicted octanol–water partition coefficient (Wildman–Crippen LogP) is 2.92. The first-order valence-electron chi connectivity index (χ1n) is 5.80. The van der Waals surface area contributed by atoms with E-state index >= 15 is 0 Å². The van der Waals surface area contributed by atoms with Crippen molar-refractivity contribution >= 4 is 14.0 Å². The Hall–Kier alpha value is -1.34. The third kappa shape index (κ3) is 6.08. The van der Waals surface area contributed by atoms with Gasteiger partial charge in [-0.05, 0) is 26.8 Å². The maximum Gasteiger partial charge on any atom is 0.224 e. The van der Waals surface area contributed by atoms with E-state index in [4.69, 9.17) is 0 Å². The fourth-order valence-corrected chi connectivity index (χ4v) is 1.58. The van der Waals surface area contributed by atoms with Crippen molar-refractivity contribution in [3.63, 3.8) is 0 Å². The van der Waals surface area contributed by atoms with Gasteiger partial charge >= 0.3 is 0 Å². The van der Waals surface area contributed by atoms with E-state index in [0.29, 0.717) is 5.95 Å². The quantitative estimate of drug-likeness (QED) is 0.612. The smallest absolute Gasteiger partial charge is 0.224 e. The summed E-state index contributed by atoms with van der Waals surface area (Å²) in [6.07, 6.45) is 1.75. The predicted molar refractivity (Wildman–Crippen MR) is 75.6 cm³/mol. The number of hydrogen-bond donors (Lipinski definition) is 1. The molecule has 0 fully saturated rings. The zero-order valence-corrected chi connectivity index (χ0v) is 12.5. The number of hydrogen-bond acceptors (Lipinski definition) is 3. The Morgan fingerprint density at radius 2 is 1.88 bits per heavy atom. The van der Waals surface area contributed by atoms with E-state index in [2.05, 4.69) is 67.2 Å². The molecule has 1 heterocycles. The molecule has 0 radical (unpaired) electrons. The van der Waals surface area contributed by atoms with E-state index in [1.165, 1.54) is 0 Å². The zero-order valence-electron chi connectivity index (χ0n) is 11.5. The molecule has 0 spiro atoms. The summed E-state index contributed by atoms with van der Waals surface area (Å²) in [7, 11) is -1.35. The molecule has 1 N–H and O–H groups in total. The Morgan fingerprint density at radius 1 is 1.24 bits per heavy atom. The summed E-state index contributed by atoms with van der Waals surface area (Å²) >= 11 is 0. The minimum absolute atomic E-state index is 0.0369. The molecule has 1 aromatic rings. The fraction of sp³-hybridized carbons (Fsp3) is 0.538. The molecule has 0 aliphatic rings. The van der Waals surface area contributed by atoms with Crippen LogP contribution in [0, 0.1) is 11.5 Å². The number of nitrogens with zero attached hydrogens (tertiary/aromatic N) is 2. The van der Waals surface area contributed by atoms with Crippen molar-refractivity contribution in [1.29, 1.82) is 0 Å². The second-order valence-electron chi connectivity index (χ2n) is 6.14. The lowest BCUT2D eigenvalue weighted by molar-refractivity contribution is 0.625. The summed E-state index contributed by atoms with van der Waals surface area (Å²) in [4.78, 5) is 8.58. The van der Waals surface area contributed by atoms with Crippen LogP contribution in [-0.4, -0.2) is 23.6 Å². The Balaban J connectivity index is 2.90. The zero-order chi connectivity index (χ0) is 13.1. The average Bonchev–Trinajstić information content (AvgIpc) is 2.11. The normalized spacial score (nSPS) is 11.6. The van der Waals surface area contributed by atoms with Crippen LogP contribution in [-0.2, 0) is 0 Å². The van der Waals surface area contributed by atoms with Crippen molar-refractivity contribution in [3.8, 4) is 11.5 Å². The molecule has 17 heavy (non-hydrogen) atoms. The Bertz CT molecular complexity index is 444. The van der Waals surface area contributed by atoms with E-state index in [0.717, 1.165) is 5.69 Å². The lowest BCUT2D eigenvalue weighted by Crippen LogP contribution is -2.27. The first kappa shape index (κ1) is 13.7. The lowest BCUT2D eigenvalue weighted by atomic mass is 10.1. The van der Waals surface area contributed by atoms with Crippen LogP contribution in [0.5, 0.6) is 0 Å². The summed E-state index contributed by atoms with van der Waals surface area (Å²) in [5.41, 5.74) is 4.05. The first-order chi connectivity index (χ1) is 7.66. The molecule has 3 nitrogen and oxygen atoms in total. The third-order valence-corrected chi connectivity index (χ3v) is 2.58. The van der Waals surface area contributed by atoms with Crippen LogP contribution in [0.2, 0.25) is 19.6 Å².